The quantitative estimate of drug-likeness (QED) is 0.645. The van der Waals surface area contributed by atoms with Gasteiger partial charge in [0.15, 0.2) is 0 Å². The lowest BCUT2D eigenvalue weighted by Crippen LogP contribution is -2.26. The van der Waals surface area contributed by atoms with Gasteiger partial charge in [-0.25, -0.2) is 0 Å². The summed E-state index contributed by atoms with van der Waals surface area (Å²) in [5.74, 6) is 0.109. The number of hydrogen-bond donors (Lipinski definition) is 3. The zero-order chi connectivity index (χ0) is 12.0. The predicted molar refractivity (Wildman–Crippen MR) is 61.3 cm³/mol. The Morgan fingerprint density at radius 2 is 2.19 bits per heavy atom. The van der Waals surface area contributed by atoms with Gasteiger partial charge in [-0.3, -0.25) is 4.79 Å². The third-order valence-electron chi connectivity index (χ3n) is 2.30. The van der Waals surface area contributed by atoms with E-state index in [9.17, 15) is 9.90 Å². The van der Waals surface area contributed by atoms with Gasteiger partial charge in [0.25, 0.3) is 0 Å². The molecule has 0 aliphatic rings. The van der Waals surface area contributed by atoms with Crippen molar-refractivity contribution in [3.8, 4) is 5.75 Å². The van der Waals surface area contributed by atoms with Crippen molar-refractivity contribution in [2.45, 2.75) is 19.8 Å². The predicted octanol–water partition coefficient (Wildman–Crippen LogP) is 0.742. The van der Waals surface area contributed by atoms with Gasteiger partial charge >= 0.3 is 0 Å². The summed E-state index contributed by atoms with van der Waals surface area (Å²) in [6, 6.07) is 5.20. The summed E-state index contributed by atoms with van der Waals surface area (Å²) in [7, 11) is 0. The fourth-order valence-corrected chi connectivity index (χ4v) is 1.32. The average molecular weight is 223 g/mol. The second-order valence-corrected chi connectivity index (χ2v) is 3.72. The highest BCUT2D eigenvalue weighted by Gasteiger charge is 2.04. The van der Waals surface area contributed by atoms with Crippen molar-refractivity contribution in [1.29, 1.82) is 0 Å². The molecule has 0 saturated carbocycles. The first kappa shape index (κ1) is 12.5. The lowest BCUT2D eigenvalue weighted by atomic mass is 10.1. The lowest BCUT2D eigenvalue weighted by Gasteiger charge is -2.05. The highest BCUT2D eigenvalue weighted by Crippen LogP contribution is 2.17. The highest BCUT2D eigenvalue weighted by atomic mass is 16.3. The van der Waals surface area contributed by atoms with Gasteiger partial charge in [0, 0.05) is 13.2 Å². The first-order chi connectivity index (χ1) is 7.63. The molecule has 0 aliphatic heterocycles. The number of aliphatic hydroxyl groups is 1. The van der Waals surface area contributed by atoms with Crippen molar-refractivity contribution < 1.29 is 15.0 Å². The average Bonchev–Trinajstić information content (AvgIpc) is 2.24. The first-order valence-corrected chi connectivity index (χ1v) is 5.29. The number of phenols is 1. The lowest BCUT2D eigenvalue weighted by molar-refractivity contribution is -0.120. The molecule has 0 radical (unpaired) electrons. The molecule has 0 aliphatic carbocycles. The van der Waals surface area contributed by atoms with Crippen LogP contribution in [0.2, 0.25) is 0 Å². The Labute approximate surface area is 94.9 Å². The van der Waals surface area contributed by atoms with Gasteiger partial charge in [0.2, 0.25) is 5.91 Å². The second kappa shape index (κ2) is 6.12. The zero-order valence-electron chi connectivity index (χ0n) is 9.36. The van der Waals surface area contributed by atoms with Crippen molar-refractivity contribution in [2.24, 2.45) is 0 Å². The molecule has 1 rings (SSSR count). The van der Waals surface area contributed by atoms with Crippen molar-refractivity contribution in [3.63, 3.8) is 0 Å². The molecular weight excluding hydrogens is 206 g/mol. The molecule has 0 fully saturated rings. The summed E-state index contributed by atoms with van der Waals surface area (Å²) in [4.78, 5) is 11.4. The van der Waals surface area contributed by atoms with Crippen LogP contribution in [0.25, 0.3) is 0 Å². The fraction of sp³-hybridized carbons (Fsp3) is 0.417. The van der Waals surface area contributed by atoms with Crippen LogP contribution in [0.3, 0.4) is 0 Å². The maximum Gasteiger partial charge on any atom is 0.224 e. The van der Waals surface area contributed by atoms with Crippen LogP contribution in [0.4, 0.5) is 0 Å². The molecule has 1 aromatic carbocycles. The molecule has 4 heteroatoms. The minimum atomic E-state index is -0.100. The Morgan fingerprint density at radius 3 is 2.81 bits per heavy atom. The molecule has 3 N–H and O–H groups in total. The second-order valence-electron chi connectivity index (χ2n) is 3.72. The third kappa shape index (κ3) is 3.90. The molecule has 0 bridgehead atoms. The summed E-state index contributed by atoms with van der Waals surface area (Å²) < 4.78 is 0. The number of rotatable bonds is 5. The molecule has 0 spiro atoms. The topological polar surface area (TPSA) is 69.6 Å². The molecule has 0 atom stereocenters. The Balaban J connectivity index is 2.46. The molecule has 4 nitrogen and oxygen atoms in total. The maximum atomic E-state index is 11.4. The van der Waals surface area contributed by atoms with Gasteiger partial charge < -0.3 is 15.5 Å². The summed E-state index contributed by atoms with van der Waals surface area (Å²) in [6.07, 6.45) is 0.810. The van der Waals surface area contributed by atoms with Gasteiger partial charge in [-0.1, -0.05) is 12.1 Å². The highest BCUT2D eigenvalue weighted by molar-refractivity contribution is 5.78. The Bertz CT molecular complexity index is 363. The van der Waals surface area contributed by atoms with E-state index in [-0.39, 0.29) is 24.7 Å². The molecule has 0 unspecified atom stereocenters. The van der Waals surface area contributed by atoms with Crippen LogP contribution < -0.4 is 5.32 Å². The Kier molecular flexibility index (Phi) is 4.79. The van der Waals surface area contributed by atoms with Crippen LogP contribution in [-0.4, -0.2) is 29.3 Å². The summed E-state index contributed by atoms with van der Waals surface area (Å²) in [5, 5.41) is 20.7. The minimum absolute atomic E-state index is 0.0750. The molecular formula is C12H17NO3. The number of amides is 1. The van der Waals surface area contributed by atoms with Crippen LogP contribution in [-0.2, 0) is 11.2 Å². The third-order valence-corrected chi connectivity index (χ3v) is 2.30. The van der Waals surface area contributed by atoms with E-state index < -0.39 is 0 Å². The van der Waals surface area contributed by atoms with E-state index in [4.69, 9.17) is 5.11 Å². The monoisotopic (exact) mass is 223 g/mol. The Morgan fingerprint density at radius 1 is 1.44 bits per heavy atom. The van der Waals surface area contributed by atoms with Crippen LogP contribution in [0.15, 0.2) is 18.2 Å². The summed E-state index contributed by atoms with van der Waals surface area (Å²) in [5.41, 5.74) is 1.58. The van der Waals surface area contributed by atoms with Crippen LogP contribution >= 0.6 is 0 Å². The van der Waals surface area contributed by atoms with Crippen molar-refractivity contribution >= 4 is 5.91 Å². The standard InChI is InChI=1S/C12H17NO3/c1-9-3-4-10(7-11(9)15)8-12(16)13-5-2-6-14/h3-4,7,14-15H,2,5-6,8H2,1H3,(H,13,16). The SMILES string of the molecule is Cc1ccc(CC(=O)NCCCO)cc1O. The van der Waals surface area contributed by atoms with Crippen LogP contribution in [0.5, 0.6) is 5.75 Å². The normalized spacial score (nSPS) is 10.1. The number of aryl methyl sites for hydroxylation is 1. The van der Waals surface area contributed by atoms with E-state index >= 15 is 0 Å². The fourth-order valence-electron chi connectivity index (χ4n) is 1.32. The van der Waals surface area contributed by atoms with E-state index in [0.29, 0.717) is 13.0 Å². The van der Waals surface area contributed by atoms with Gasteiger partial charge in [0.05, 0.1) is 6.42 Å². The smallest absolute Gasteiger partial charge is 0.224 e. The van der Waals surface area contributed by atoms with E-state index in [1.807, 2.05) is 6.07 Å². The summed E-state index contributed by atoms with van der Waals surface area (Å²) in [6.45, 7) is 2.36. The van der Waals surface area contributed by atoms with Crippen LogP contribution in [0.1, 0.15) is 17.5 Å². The molecule has 88 valence electrons. The minimum Gasteiger partial charge on any atom is -0.508 e. The van der Waals surface area contributed by atoms with Gasteiger partial charge in [-0.2, -0.15) is 0 Å². The maximum absolute atomic E-state index is 11.4. The van der Waals surface area contributed by atoms with Gasteiger partial charge in [-0.05, 0) is 30.5 Å². The molecule has 1 aromatic rings. The largest absolute Gasteiger partial charge is 0.508 e. The van der Waals surface area contributed by atoms with Crippen molar-refractivity contribution in [1.82, 2.24) is 5.32 Å². The van der Waals surface area contributed by atoms with Gasteiger partial charge in [0.1, 0.15) is 5.75 Å². The van der Waals surface area contributed by atoms with Crippen molar-refractivity contribution in [3.05, 3.63) is 29.3 Å². The number of aliphatic hydroxyl groups excluding tert-OH is 1. The summed E-state index contributed by atoms with van der Waals surface area (Å²) >= 11 is 0. The molecule has 0 aromatic heterocycles. The van der Waals surface area contributed by atoms with E-state index in [1.54, 1.807) is 19.1 Å². The van der Waals surface area contributed by atoms with Crippen LogP contribution in [0, 0.1) is 6.92 Å². The van der Waals surface area contributed by atoms with Crippen molar-refractivity contribution in [2.75, 3.05) is 13.2 Å². The molecule has 0 heterocycles. The number of aromatic hydroxyl groups is 1. The molecule has 1 amide bonds. The number of phenolic OH excluding ortho intramolecular Hbond substituents is 1. The van der Waals surface area contributed by atoms with Gasteiger partial charge in [-0.15, -0.1) is 0 Å². The first-order valence-electron chi connectivity index (χ1n) is 5.29. The zero-order valence-corrected chi connectivity index (χ0v) is 9.36. The van der Waals surface area contributed by atoms with E-state index in [1.165, 1.54) is 0 Å². The number of nitrogens with one attached hydrogen (secondary N) is 1. The number of carbonyl (C=O) groups is 1. The number of hydrogen-bond acceptors (Lipinski definition) is 3. The van der Waals surface area contributed by atoms with E-state index in [2.05, 4.69) is 5.32 Å². The number of carbonyl (C=O) groups excluding carboxylic acids is 1. The molecule has 0 saturated heterocycles. The number of benzene rings is 1. The molecule has 16 heavy (non-hydrogen) atoms. The Hall–Kier alpha value is -1.55. The van der Waals surface area contributed by atoms with E-state index in [0.717, 1.165) is 11.1 Å².